The van der Waals surface area contributed by atoms with E-state index in [9.17, 15) is 24.2 Å². The quantitative estimate of drug-likeness (QED) is 0.379. The first-order chi connectivity index (χ1) is 13.9. The molecule has 0 radical (unpaired) electrons. The molecule has 5 nitrogen and oxygen atoms in total. The van der Waals surface area contributed by atoms with E-state index in [1.165, 1.54) is 46.6 Å². The lowest BCUT2D eigenvalue weighted by Gasteiger charge is -2.24. The van der Waals surface area contributed by atoms with Gasteiger partial charge in [-0.1, -0.05) is 18.2 Å². The Hall–Kier alpha value is -3.45. The fourth-order valence-corrected chi connectivity index (χ4v) is 4.24. The number of carbonyl (C=O) groups excluding carboxylic acids is 2. The number of aromatic hydroxyl groups is 1. The molecule has 0 bridgehead atoms. The Kier molecular flexibility index (Phi) is 4.68. The number of halogens is 1. The molecule has 1 fully saturated rings. The highest BCUT2D eigenvalue weighted by Crippen LogP contribution is 2.45. The molecule has 3 aromatic rings. The molecule has 4 rings (SSSR count). The number of hydrogen-bond donors (Lipinski definition) is 2. The molecule has 146 valence electrons. The largest absolute Gasteiger partial charge is 0.507 e. The van der Waals surface area contributed by atoms with Crippen LogP contribution < -0.4 is 4.90 Å². The molecule has 29 heavy (non-hydrogen) atoms. The number of Topliss-reactive ketones (excluding diaryl/α,β-unsaturated/α-hetero) is 1. The molecule has 1 aromatic heterocycles. The van der Waals surface area contributed by atoms with Crippen molar-refractivity contribution >= 4 is 34.5 Å². The molecule has 1 unspecified atom stereocenters. The summed E-state index contributed by atoms with van der Waals surface area (Å²) in [6, 6.07) is 12.8. The zero-order chi connectivity index (χ0) is 20.7. The molecule has 0 saturated carbocycles. The lowest BCUT2D eigenvalue weighted by molar-refractivity contribution is -0.132. The van der Waals surface area contributed by atoms with Gasteiger partial charge >= 0.3 is 0 Å². The maximum atomic E-state index is 13.7. The van der Waals surface area contributed by atoms with Gasteiger partial charge in [0.25, 0.3) is 11.7 Å². The molecule has 1 aliphatic rings. The molecule has 2 N–H and O–H groups in total. The SMILES string of the molecule is Cc1cc(/C(O)=C2/C(=O)C(=O)N(c3ccccc3O)C2c2cccs2)ccc1F. The van der Waals surface area contributed by atoms with Gasteiger partial charge in [-0.25, -0.2) is 4.39 Å². The Morgan fingerprint density at radius 3 is 2.52 bits per heavy atom. The van der Waals surface area contributed by atoms with Gasteiger partial charge in [-0.2, -0.15) is 0 Å². The third kappa shape index (κ3) is 3.09. The Labute approximate surface area is 170 Å². The zero-order valence-corrected chi connectivity index (χ0v) is 16.1. The molecule has 1 atom stereocenters. The van der Waals surface area contributed by atoms with E-state index in [1.807, 2.05) is 0 Å². The van der Waals surface area contributed by atoms with Crippen LogP contribution in [0.3, 0.4) is 0 Å². The van der Waals surface area contributed by atoms with Crippen LogP contribution in [0.5, 0.6) is 5.75 Å². The predicted octanol–water partition coefficient (Wildman–Crippen LogP) is 4.53. The third-order valence-electron chi connectivity index (χ3n) is 4.83. The summed E-state index contributed by atoms with van der Waals surface area (Å²) in [5.74, 6) is -2.71. The summed E-state index contributed by atoms with van der Waals surface area (Å²) < 4.78 is 13.7. The minimum absolute atomic E-state index is 0.105. The van der Waals surface area contributed by atoms with Crippen LogP contribution in [0, 0.1) is 12.7 Å². The fraction of sp³-hybridized carbons (Fsp3) is 0.0909. The molecule has 0 spiro atoms. The minimum Gasteiger partial charge on any atom is -0.507 e. The maximum Gasteiger partial charge on any atom is 0.300 e. The number of nitrogens with zero attached hydrogens (tertiary/aromatic N) is 1. The van der Waals surface area contributed by atoms with E-state index in [0.29, 0.717) is 10.4 Å². The van der Waals surface area contributed by atoms with Crippen LogP contribution in [-0.4, -0.2) is 21.9 Å². The van der Waals surface area contributed by atoms with E-state index in [-0.39, 0.29) is 28.3 Å². The minimum atomic E-state index is -0.909. The number of amides is 1. The Balaban J connectivity index is 1.95. The predicted molar refractivity (Wildman–Crippen MR) is 108 cm³/mol. The van der Waals surface area contributed by atoms with Gasteiger partial charge in [0.2, 0.25) is 0 Å². The number of anilines is 1. The average Bonchev–Trinajstić information content (AvgIpc) is 3.32. The van der Waals surface area contributed by atoms with Gasteiger partial charge in [0.05, 0.1) is 11.3 Å². The van der Waals surface area contributed by atoms with Crippen molar-refractivity contribution in [3.63, 3.8) is 0 Å². The van der Waals surface area contributed by atoms with Crippen LogP contribution >= 0.6 is 11.3 Å². The number of para-hydroxylation sites is 2. The molecular weight excluding hydrogens is 393 g/mol. The number of ketones is 1. The first kappa shape index (κ1) is 18.9. The van der Waals surface area contributed by atoms with Gasteiger partial charge in [0.1, 0.15) is 23.4 Å². The second-order valence-electron chi connectivity index (χ2n) is 6.64. The van der Waals surface area contributed by atoms with Crippen molar-refractivity contribution in [3.8, 4) is 5.75 Å². The third-order valence-corrected chi connectivity index (χ3v) is 5.75. The summed E-state index contributed by atoms with van der Waals surface area (Å²) in [6.07, 6.45) is 0. The van der Waals surface area contributed by atoms with Crippen LogP contribution in [0.4, 0.5) is 10.1 Å². The van der Waals surface area contributed by atoms with Crippen LogP contribution in [0.25, 0.3) is 5.76 Å². The van der Waals surface area contributed by atoms with Gasteiger partial charge < -0.3 is 10.2 Å². The maximum absolute atomic E-state index is 13.7. The number of aliphatic hydroxyl groups is 1. The Morgan fingerprint density at radius 1 is 1.10 bits per heavy atom. The van der Waals surface area contributed by atoms with Crippen molar-refractivity contribution in [1.29, 1.82) is 0 Å². The van der Waals surface area contributed by atoms with Gasteiger partial charge in [0, 0.05) is 10.4 Å². The van der Waals surface area contributed by atoms with Crippen molar-refractivity contribution in [3.05, 3.63) is 87.4 Å². The van der Waals surface area contributed by atoms with Gasteiger partial charge in [0.15, 0.2) is 0 Å². The van der Waals surface area contributed by atoms with Crippen molar-refractivity contribution < 1.29 is 24.2 Å². The number of rotatable bonds is 3. The van der Waals surface area contributed by atoms with E-state index in [2.05, 4.69) is 0 Å². The second-order valence-corrected chi connectivity index (χ2v) is 7.62. The van der Waals surface area contributed by atoms with Gasteiger partial charge in [-0.3, -0.25) is 14.5 Å². The van der Waals surface area contributed by atoms with Gasteiger partial charge in [-0.15, -0.1) is 11.3 Å². The van der Waals surface area contributed by atoms with Crippen molar-refractivity contribution in [2.75, 3.05) is 4.90 Å². The fourth-order valence-electron chi connectivity index (χ4n) is 3.41. The number of hydrogen-bond acceptors (Lipinski definition) is 5. The number of phenolic OH excluding ortho intramolecular Hbond substituents is 1. The molecule has 1 saturated heterocycles. The van der Waals surface area contributed by atoms with E-state index >= 15 is 0 Å². The monoisotopic (exact) mass is 409 g/mol. The zero-order valence-electron chi connectivity index (χ0n) is 15.3. The number of aliphatic hydroxyl groups excluding tert-OH is 1. The number of thiophene rings is 1. The summed E-state index contributed by atoms with van der Waals surface area (Å²) >= 11 is 1.32. The standard InChI is InChI=1S/C22H16FNO4S/c1-12-11-13(8-9-14(12)23)20(26)18-19(17-7-4-10-29-17)24(22(28)21(18)27)15-5-2-3-6-16(15)25/h2-11,19,25-26H,1H3/b20-18-. The smallest absolute Gasteiger partial charge is 0.300 e. The van der Waals surface area contributed by atoms with E-state index in [1.54, 1.807) is 36.6 Å². The van der Waals surface area contributed by atoms with Gasteiger partial charge in [-0.05, 0) is 54.3 Å². The van der Waals surface area contributed by atoms with Crippen molar-refractivity contribution in [2.24, 2.45) is 0 Å². The van der Waals surface area contributed by atoms with Crippen LogP contribution in [-0.2, 0) is 9.59 Å². The first-order valence-corrected chi connectivity index (χ1v) is 9.67. The van der Waals surface area contributed by atoms with Crippen LogP contribution in [0.2, 0.25) is 0 Å². The highest BCUT2D eigenvalue weighted by atomic mass is 32.1. The summed E-state index contributed by atoms with van der Waals surface area (Å²) in [5.41, 5.74) is 0.603. The Morgan fingerprint density at radius 2 is 1.86 bits per heavy atom. The first-order valence-electron chi connectivity index (χ1n) is 8.79. The summed E-state index contributed by atoms with van der Waals surface area (Å²) in [5, 5.41) is 23.0. The molecule has 1 amide bonds. The summed E-state index contributed by atoms with van der Waals surface area (Å²) in [4.78, 5) is 27.6. The highest BCUT2D eigenvalue weighted by Gasteiger charge is 2.48. The lowest BCUT2D eigenvalue weighted by Crippen LogP contribution is -2.29. The van der Waals surface area contributed by atoms with Crippen molar-refractivity contribution in [1.82, 2.24) is 0 Å². The number of aryl methyl sites for hydroxylation is 1. The normalized spacial score (nSPS) is 18.4. The van der Waals surface area contributed by atoms with E-state index in [4.69, 9.17) is 0 Å². The molecular formula is C22H16FNO4S. The average molecular weight is 409 g/mol. The van der Waals surface area contributed by atoms with Crippen LogP contribution in [0.15, 0.2) is 65.6 Å². The topological polar surface area (TPSA) is 77.8 Å². The molecule has 7 heteroatoms. The summed E-state index contributed by atoms with van der Waals surface area (Å²) in [6.45, 7) is 1.55. The summed E-state index contributed by atoms with van der Waals surface area (Å²) in [7, 11) is 0. The molecule has 2 aromatic carbocycles. The highest BCUT2D eigenvalue weighted by molar-refractivity contribution is 7.10. The number of benzene rings is 2. The van der Waals surface area contributed by atoms with Crippen molar-refractivity contribution in [2.45, 2.75) is 13.0 Å². The number of carbonyl (C=O) groups is 2. The lowest BCUT2D eigenvalue weighted by atomic mass is 9.98. The van der Waals surface area contributed by atoms with E-state index < -0.39 is 23.5 Å². The molecule has 2 heterocycles. The Bertz CT molecular complexity index is 1150. The second kappa shape index (κ2) is 7.18. The van der Waals surface area contributed by atoms with Crippen LogP contribution in [0.1, 0.15) is 22.0 Å². The number of phenols is 1. The molecule has 1 aliphatic heterocycles. The molecule has 0 aliphatic carbocycles. The van der Waals surface area contributed by atoms with E-state index in [0.717, 1.165) is 0 Å².